The van der Waals surface area contributed by atoms with Crippen molar-refractivity contribution in [3.05, 3.63) is 129 Å². The third-order valence-corrected chi connectivity index (χ3v) is 12.1. The first kappa shape index (κ1) is 37.7. The van der Waals surface area contributed by atoms with E-state index >= 15 is 0 Å². The van der Waals surface area contributed by atoms with Crippen molar-refractivity contribution in [2.45, 2.75) is 148 Å². The van der Waals surface area contributed by atoms with Crippen LogP contribution in [0.4, 0.5) is 11.4 Å². The van der Waals surface area contributed by atoms with E-state index in [2.05, 4.69) is 120 Å². The van der Waals surface area contributed by atoms with Crippen molar-refractivity contribution in [1.82, 2.24) is 0 Å². The highest BCUT2D eigenvalue weighted by Crippen LogP contribution is 2.50. The average molecular weight is 671 g/mol. The number of benzene rings is 4. The number of anilines is 2. The SMILES string of the molecule is CCCCCCCC(c1ccc(C(CCC)c2ccc(N)cc2C)cc1)(c1ccc(C(CCC)c2ccc(N)cc2C)cc1)C1CCCCC1. The first-order chi connectivity index (χ1) is 24.3. The van der Waals surface area contributed by atoms with Crippen molar-refractivity contribution in [1.29, 1.82) is 0 Å². The summed E-state index contributed by atoms with van der Waals surface area (Å²) in [4.78, 5) is 0. The Hall–Kier alpha value is -3.52. The highest BCUT2D eigenvalue weighted by atomic mass is 14.5. The minimum atomic E-state index is 0.0262. The average Bonchev–Trinajstić information content (AvgIpc) is 3.13. The predicted molar refractivity (Wildman–Crippen MR) is 218 cm³/mol. The fraction of sp³-hybridized carbons (Fsp3) is 0.500. The normalized spacial score (nSPS) is 16.2. The second kappa shape index (κ2) is 18.1. The second-order valence-corrected chi connectivity index (χ2v) is 15.6. The quantitative estimate of drug-likeness (QED) is 0.0867. The Kier molecular flexibility index (Phi) is 13.7. The summed E-state index contributed by atoms with van der Waals surface area (Å²) >= 11 is 0. The molecule has 2 atom stereocenters. The lowest BCUT2D eigenvalue weighted by molar-refractivity contribution is 0.220. The van der Waals surface area contributed by atoms with Crippen LogP contribution in [0.2, 0.25) is 0 Å². The van der Waals surface area contributed by atoms with Gasteiger partial charge in [-0.1, -0.05) is 146 Å². The smallest absolute Gasteiger partial charge is 0.0316 e. The number of rotatable bonds is 17. The maximum Gasteiger partial charge on any atom is 0.0316 e. The Labute approximate surface area is 305 Å². The molecule has 2 unspecified atom stereocenters. The summed E-state index contributed by atoms with van der Waals surface area (Å²) in [7, 11) is 0. The fourth-order valence-electron chi connectivity index (χ4n) is 9.52. The third-order valence-electron chi connectivity index (χ3n) is 12.1. The molecule has 0 aliphatic heterocycles. The number of hydrogen-bond acceptors (Lipinski definition) is 2. The summed E-state index contributed by atoms with van der Waals surface area (Å²) in [5.74, 6) is 1.44. The number of nitrogen functional groups attached to an aromatic ring is 2. The summed E-state index contributed by atoms with van der Waals surface area (Å²) in [6, 6.07) is 33.1. The van der Waals surface area contributed by atoms with E-state index in [1.807, 2.05) is 0 Å². The van der Waals surface area contributed by atoms with Gasteiger partial charge in [0.25, 0.3) is 0 Å². The Balaban J connectivity index is 1.58. The topological polar surface area (TPSA) is 52.0 Å². The summed E-state index contributed by atoms with van der Waals surface area (Å²) in [5, 5.41) is 0. The van der Waals surface area contributed by atoms with E-state index in [0.29, 0.717) is 17.8 Å². The molecule has 50 heavy (non-hydrogen) atoms. The number of unbranched alkanes of at least 4 members (excludes halogenated alkanes) is 4. The van der Waals surface area contributed by atoms with Crippen LogP contribution in [0, 0.1) is 19.8 Å². The molecular formula is C48H66N2. The van der Waals surface area contributed by atoms with Gasteiger partial charge in [0.05, 0.1) is 0 Å². The predicted octanol–water partition coefficient (Wildman–Crippen LogP) is 13.6. The summed E-state index contributed by atoms with van der Waals surface area (Å²) in [6.45, 7) is 11.4. The van der Waals surface area contributed by atoms with Gasteiger partial charge in [-0.15, -0.1) is 0 Å². The third kappa shape index (κ3) is 8.67. The molecule has 1 aliphatic rings. The number of nitrogens with two attached hydrogens (primary N) is 2. The molecule has 2 heteroatoms. The van der Waals surface area contributed by atoms with Gasteiger partial charge in [0.1, 0.15) is 0 Å². The van der Waals surface area contributed by atoms with Gasteiger partial charge < -0.3 is 11.5 Å². The molecule has 1 aliphatic carbocycles. The molecule has 0 spiro atoms. The fourth-order valence-corrected chi connectivity index (χ4v) is 9.52. The first-order valence-corrected chi connectivity index (χ1v) is 20.2. The molecule has 268 valence electrons. The van der Waals surface area contributed by atoms with Crippen molar-refractivity contribution in [2.75, 3.05) is 11.5 Å². The molecule has 2 nitrogen and oxygen atoms in total. The van der Waals surface area contributed by atoms with Crippen molar-refractivity contribution in [3.8, 4) is 0 Å². The van der Waals surface area contributed by atoms with E-state index in [1.165, 1.54) is 115 Å². The minimum Gasteiger partial charge on any atom is -0.399 e. The van der Waals surface area contributed by atoms with Gasteiger partial charge in [0, 0.05) is 28.6 Å². The maximum atomic E-state index is 6.18. The highest BCUT2D eigenvalue weighted by molar-refractivity contribution is 5.51. The molecule has 0 radical (unpaired) electrons. The Morgan fingerprint density at radius 3 is 1.44 bits per heavy atom. The molecule has 1 saturated carbocycles. The molecule has 0 heterocycles. The number of hydrogen-bond donors (Lipinski definition) is 2. The molecule has 0 bridgehead atoms. The molecule has 4 aromatic rings. The van der Waals surface area contributed by atoms with Gasteiger partial charge >= 0.3 is 0 Å². The van der Waals surface area contributed by atoms with Gasteiger partial charge in [-0.2, -0.15) is 0 Å². The molecular weight excluding hydrogens is 605 g/mol. The van der Waals surface area contributed by atoms with Gasteiger partial charge in [0.15, 0.2) is 0 Å². The van der Waals surface area contributed by atoms with Crippen LogP contribution >= 0.6 is 0 Å². The van der Waals surface area contributed by atoms with E-state index < -0.39 is 0 Å². The van der Waals surface area contributed by atoms with E-state index in [-0.39, 0.29) is 5.41 Å². The molecule has 0 aromatic heterocycles. The minimum absolute atomic E-state index is 0.0262. The largest absolute Gasteiger partial charge is 0.399 e. The van der Waals surface area contributed by atoms with E-state index in [4.69, 9.17) is 11.5 Å². The van der Waals surface area contributed by atoms with Crippen LogP contribution < -0.4 is 11.5 Å². The first-order valence-electron chi connectivity index (χ1n) is 20.2. The zero-order valence-electron chi connectivity index (χ0n) is 32.1. The van der Waals surface area contributed by atoms with Crippen LogP contribution in [-0.4, -0.2) is 0 Å². The van der Waals surface area contributed by atoms with Crippen molar-refractivity contribution < 1.29 is 0 Å². The summed E-state index contributed by atoms with van der Waals surface area (Å²) < 4.78 is 0. The summed E-state index contributed by atoms with van der Waals surface area (Å²) in [5.41, 5.74) is 25.4. The lowest BCUT2D eigenvalue weighted by Gasteiger charge is -2.45. The molecule has 4 aromatic carbocycles. The van der Waals surface area contributed by atoms with Crippen molar-refractivity contribution in [3.63, 3.8) is 0 Å². The standard InChI is InChI=1S/C48H66N2/c1-6-9-10-11-15-32-48(39-18-13-12-14-19-39,40-24-20-37(21-25-40)46(16-7-2)44-30-28-42(49)33-35(44)4)41-26-22-38(23-27-41)47(17-8-3)45-31-29-43(50)34-36(45)5/h20-31,33-34,39,46-47H,6-19,32,49-50H2,1-5H3. The zero-order valence-corrected chi connectivity index (χ0v) is 32.1. The van der Waals surface area contributed by atoms with Crippen molar-refractivity contribution >= 4 is 11.4 Å². The van der Waals surface area contributed by atoms with Crippen LogP contribution in [-0.2, 0) is 5.41 Å². The molecule has 0 saturated heterocycles. The van der Waals surface area contributed by atoms with Crippen LogP contribution in [0.25, 0.3) is 0 Å². The van der Waals surface area contributed by atoms with Crippen LogP contribution in [0.1, 0.15) is 173 Å². The highest BCUT2D eigenvalue weighted by Gasteiger charge is 2.42. The van der Waals surface area contributed by atoms with Crippen LogP contribution in [0.5, 0.6) is 0 Å². The monoisotopic (exact) mass is 671 g/mol. The van der Waals surface area contributed by atoms with E-state index in [1.54, 1.807) is 0 Å². The lowest BCUT2D eigenvalue weighted by Crippen LogP contribution is -2.38. The Morgan fingerprint density at radius 2 is 1.02 bits per heavy atom. The second-order valence-electron chi connectivity index (χ2n) is 15.6. The molecule has 4 N–H and O–H groups in total. The van der Waals surface area contributed by atoms with Gasteiger partial charge in [0.2, 0.25) is 0 Å². The summed E-state index contributed by atoms with van der Waals surface area (Å²) in [6.07, 6.45) is 19.1. The molecule has 1 fully saturated rings. The zero-order chi connectivity index (χ0) is 35.5. The van der Waals surface area contributed by atoms with E-state index in [9.17, 15) is 0 Å². The van der Waals surface area contributed by atoms with Crippen LogP contribution in [0.15, 0.2) is 84.9 Å². The van der Waals surface area contributed by atoms with Gasteiger partial charge in [-0.3, -0.25) is 0 Å². The van der Waals surface area contributed by atoms with E-state index in [0.717, 1.165) is 37.1 Å². The number of aryl methyl sites for hydroxylation is 2. The van der Waals surface area contributed by atoms with Crippen molar-refractivity contribution in [2.24, 2.45) is 5.92 Å². The lowest BCUT2D eigenvalue weighted by atomic mass is 9.59. The molecule has 5 rings (SSSR count). The van der Waals surface area contributed by atoms with Gasteiger partial charge in [-0.05, 0) is 121 Å². The Morgan fingerprint density at radius 1 is 0.560 bits per heavy atom. The van der Waals surface area contributed by atoms with Crippen LogP contribution in [0.3, 0.4) is 0 Å². The maximum absolute atomic E-state index is 6.18. The van der Waals surface area contributed by atoms with Gasteiger partial charge in [-0.25, -0.2) is 0 Å². The molecule has 0 amide bonds. The Bertz CT molecular complexity index is 1500.